The van der Waals surface area contributed by atoms with Crippen molar-refractivity contribution in [3.63, 3.8) is 0 Å². The number of rotatable bonds is 3. The maximum Gasteiger partial charge on any atom is 0.237 e. The van der Waals surface area contributed by atoms with Gasteiger partial charge in [0.05, 0.1) is 11.6 Å². The van der Waals surface area contributed by atoms with Crippen LogP contribution in [0.2, 0.25) is 0 Å². The Kier molecular flexibility index (Phi) is 3.80. The van der Waals surface area contributed by atoms with E-state index in [1.54, 1.807) is 19.2 Å². The van der Waals surface area contributed by atoms with E-state index in [0.717, 1.165) is 40.7 Å². The molecule has 0 radical (unpaired) electrons. The third kappa shape index (κ3) is 2.72. The molecular formula is C16H13BrN2O2. The molecule has 0 atom stereocenters. The Balaban J connectivity index is 1.97. The van der Waals surface area contributed by atoms with Gasteiger partial charge in [-0.15, -0.1) is 0 Å². The van der Waals surface area contributed by atoms with Crippen molar-refractivity contribution >= 4 is 15.9 Å². The Morgan fingerprint density at radius 1 is 1.29 bits per heavy atom. The molecule has 0 saturated heterocycles. The Hall–Kier alpha value is -2.06. The fourth-order valence-electron chi connectivity index (χ4n) is 2.41. The maximum absolute atomic E-state index is 9.28. The second-order valence-electron chi connectivity index (χ2n) is 4.81. The molecule has 2 aromatic rings. The largest absolute Gasteiger partial charge is 0.497 e. The topological polar surface area (TPSA) is 55.1 Å². The number of benzene rings is 1. The lowest BCUT2D eigenvalue weighted by atomic mass is 10.1. The van der Waals surface area contributed by atoms with E-state index < -0.39 is 0 Å². The average Bonchev–Trinajstić information content (AvgIpc) is 2.95. The van der Waals surface area contributed by atoms with E-state index in [4.69, 9.17) is 9.47 Å². The van der Waals surface area contributed by atoms with E-state index in [2.05, 4.69) is 27.0 Å². The van der Waals surface area contributed by atoms with Crippen LogP contribution >= 0.6 is 15.9 Å². The summed E-state index contributed by atoms with van der Waals surface area (Å²) in [5.74, 6) is 1.71. The summed E-state index contributed by atoms with van der Waals surface area (Å²) in [5, 5.41) is 9.28. The molecule has 1 aliphatic rings. The van der Waals surface area contributed by atoms with Crippen molar-refractivity contribution in [3.8, 4) is 23.4 Å². The molecule has 1 aromatic heterocycles. The van der Waals surface area contributed by atoms with Crippen LogP contribution in [0.5, 0.6) is 17.4 Å². The Morgan fingerprint density at radius 2 is 2.14 bits per heavy atom. The number of pyridine rings is 1. The number of hydrogen-bond acceptors (Lipinski definition) is 4. The monoisotopic (exact) mass is 344 g/mol. The normalized spacial score (nSPS) is 12.6. The van der Waals surface area contributed by atoms with Gasteiger partial charge in [-0.3, -0.25) is 0 Å². The van der Waals surface area contributed by atoms with Crippen LogP contribution in [0.4, 0.5) is 0 Å². The van der Waals surface area contributed by atoms with Crippen LogP contribution in [0, 0.1) is 11.3 Å². The highest BCUT2D eigenvalue weighted by Crippen LogP contribution is 2.34. The molecule has 0 bridgehead atoms. The molecule has 1 heterocycles. The molecule has 106 valence electrons. The molecule has 0 amide bonds. The molecule has 4 nitrogen and oxygen atoms in total. The molecule has 0 unspecified atom stereocenters. The Morgan fingerprint density at radius 3 is 2.86 bits per heavy atom. The van der Waals surface area contributed by atoms with Crippen molar-refractivity contribution < 1.29 is 9.47 Å². The highest BCUT2D eigenvalue weighted by molar-refractivity contribution is 9.10. The number of fused-ring (bicyclic) bond motifs is 1. The van der Waals surface area contributed by atoms with E-state index in [-0.39, 0.29) is 0 Å². The van der Waals surface area contributed by atoms with Crippen molar-refractivity contribution in [2.75, 3.05) is 7.11 Å². The number of methoxy groups -OCH3 is 1. The standard InChI is InChI=1S/C16H13BrN2O2/c1-20-12-5-6-15(13(17)8-12)21-16-11(9-18)7-10-3-2-4-14(10)19-16/h5-8H,2-4H2,1H3. The zero-order chi connectivity index (χ0) is 14.8. The molecule has 0 spiro atoms. The van der Waals surface area contributed by atoms with Crippen LogP contribution < -0.4 is 9.47 Å². The highest BCUT2D eigenvalue weighted by Gasteiger charge is 2.18. The number of nitriles is 1. The Labute approximate surface area is 131 Å². The number of aryl methyl sites for hydroxylation is 2. The van der Waals surface area contributed by atoms with Gasteiger partial charge >= 0.3 is 0 Å². The van der Waals surface area contributed by atoms with Crippen molar-refractivity contribution in [2.45, 2.75) is 19.3 Å². The highest BCUT2D eigenvalue weighted by atomic mass is 79.9. The van der Waals surface area contributed by atoms with E-state index in [9.17, 15) is 5.26 Å². The summed E-state index contributed by atoms with van der Waals surface area (Å²) in [4.78, 5) is 4.51. The summed E-state index contributed by atoms with van der Waals surface area (Å²) in [6.45, 7) is 0. The summed E-state index contributed by atoms with van der Waals surface area (Å²) >= 11 is 3.44. The van der Waals surface area contributed by atoms with Gasteiger partial charge in [-0.05, 0) is 65.0 Å². The smallest absolute Gasteiger partial charge is 0.237 e. The van der Waals surface area contributed by atoms with Crippen molar-refractivity contribution in [1.82, 2.24) is 4.98 Å². The Bertz CT molecular complexity index is 738. The quantitative estimate of drug-likeness (QED) is 0.844. The average molecular weight is 345 g/mol. The van der Waals surface area contributed by atoms with Gasteiger partial charge in [-0.1, -0.05) is 0 Å². The predicted molar refractivity (Wildman–Crippen MR) is 81.7 cm³/mol. The molecule has 0 fully saturated rings. The summed E-state index contributed by atoms with van der Waals surface area (Å²) < 4.78 is 11.7. The lowest BCUT2D eigenvalue weighted by molar-refractivity contribution is 0.411. The SMILES string of the molecule is COc1ccc(Oc2nc3c(cc2C#N)CCC3)c(Br)c1. The second-order valence-corrected chi connectivity index (χ2v) is 5.67. The van der Waals surface area contributed by atoms with Gasteiger partial charge in [0.1, 0.15) is 23.1 Å². The van der Waals surface area contributed by atoms with Crippen LogP contribution in [-0.2, 0) is 12.8 Å². The number of halogens is 1. The van der Waals surface area contributed by atoms with Gasteiger partial charge in [0, 0.05) is 5.69 Å². The summed E-state index contributed by atoms with van der Waals surface area (Å²) in [6.07, 6.45) is 3.02. The number of hydrogen-bond donors (Lipinski definition) is 0. The fraction of sp³-hybridized carbons (Fsp3) is 0.250. The van der Waals surface area contributed by atoms with Crippen molar-refractivity contribution in [1.29, 1.82) is 5.26 Å². The van der Waals surface area contributed by atoms with E-state index in [1.165, 1.54) is 0 Å². The lowest BCUT2D eigenvalue weighted by Crippen LogP contribution is -1.97. The molecule has 1 aliphatic carbocycles. The first kappa shape index (κ1) is 13.9. The van der Waals surface area contributed by atoms with E-state index in [1.807, 2.05) is 12.1 Å². The van der Waals surface area contributed by atoms with Crippen molar-refractivity contribution in [2.24, 2.45) is 0 Å². The van der Waals surface area contributed by atoms with Crippen molar-refractivity contribution in [3.05, 3.63) is 45.6 Å². The molecule has 5 heteroatoms. The van der Waals surface area contributed by atoms with Gasteiger partial charge in [0.25, 0.3) is 0 Å². The first-order chi connectivity index (χ1) is 10.2. The predicted octanol–water partition coefficient (Wildman–Crippen LogP) is 4.01. The first-order valence-corrected chi connectivity index (χ1v) is 7.45. The second kappa shape index (κ2) is 5.74. The van der Waals surface area contributed by atoms with Gasteiger partial charge in [0.15, 0.2) is 0 Å². The number of ether oxygens (including phenoxy) is 2. The summed E-state index contributed by atoms with van der Waals surface area (Å²) in [5.41, 5.74) is 2.67. The molecule has 21 heavy (non-hydrogen) atoms. The third-order valence-electron chi connectivity index (χ3n) is 3.48. The van der Waals surface area contributed by atoms with Gasteiger partial charge in [-0.25, -0.2) is 4.98 Å². The van der Waals surface area contributed by atoms with Gasteiger partial charge < -0.3 is 9.47 Å². The number of aromatic nitrogens is 1. The summed E-state index contributed by atoms with van der Waals surface area (Å²) in [7, 11) is 1.61. The lowest BCUT2D eigenvalue weighted by Gasteiger charge is -2.11. The minimum Gasteiger partial charge on any atom is -0.497 e. The van der Waals surface area contributed by atoms with Crippen LogP contribution in [0.1, 0.15) is 23.2 Å². The molecular weight excluding hydrogens is 332 g/mol. The molecule has 0 aliphatic heterocycles. The molecule has 1 aromatic carbocycles. The minimum absolute atomic E-state index is 0.365. The van der Waals surface area contributed by atoms with Gasteiger partial charge in [-0.2, -0.15) is 5.26 Å². The van der Waals surface area contributed by atoms with Crippen LogP contribution in [-0.4, -0.2) is 12.1 Å². The fourth-order valence-corrected chi connectivity index (χ4v) is 2.85. The zero-order valence-electron chi connectivity index (χ0n) is 11.5. The maximum atomic E-state index is 9.28. The van der Waals surface area contributed by atoms with Gasteiger partial charge in [0.2, 0.25) is 5.88 Å². The molecule has 3 rings (SSSR count). The third-order valence-corrected chi connectivity index (χ3v) is 4.10. The van der Waals surface area contributed by atoms with E-state index in [0.29, 0.717) is 17.2 Å². The van der Waals surface area contributed by atoms with Crippen LogP contribution in [0.15, 0.2) is 28.7 Å². The minimum atomic E-state index is 0.365. The molecule has 0 saturated carbocycles. The van der Waals surface area contributed by atoms with Crippen LogP contribution in [0.3, 0.4) is 0 Å². The first-order valence-electron chi connectivity index (χ1n) is 6.65. The van der Waals surface area contributed by atoms with Crippen LogP contribution in [0.25, 0.3) is 0 Å². The molecule has 0 N–H and O–H groups in total. The summed E-state index contributed by atoms with van der Waals surface area (Å²) in [6, 6.07) is 9.46. The number of nitrogens with zero attached hydrogens (tertiary/aromatic N) is 2. The zero-order valence-corrected chi connectivity index (χ0v) is 13.1. The van der Waals surface area contributed by atoms with E-state index >= 15 is 0 Å².